The van der Waals surface area contributed by atoms with Gasteiger partial charge in [0.15, 0.2) is 6.29 Å². The number of carbonyl (C=O) groups is 2. The van der Waals surface area contributed by atoms with Crippen LogP contribution in [0.25, 0.3) is 0 Å². The molecule has 3 aromatic carbocycles. The van der Waals surface area contributed by atoms with E-state index in [1.54, 1.807) is 12.1 Å². The van der Waals surface area contributed by atoms with E-state index < -0.39 is 6.29 Å². The van der Waals surface area contributed by atoms with Gasteiger partial charge >= 0.3 is 0 Å². The number of piperidine rings is 1. The predicted molar refractivity (Wildman–Crippen MR) is 172 cm³/mol. The summed E-state index contributed by atoms with van der Waals surface area (Å²) in [6.45, 7) is 3.05. The van der Waals surface area contributed by atoms with E-state index in [9.17, 15) is 14.7 Å². The van der Waals surface area contributed by atoms with Crippen molar-refractivity contribution in [2.24, 2.45) is 0 Å². The monoisotopic (exact) mass is 600 g/mol. The van der Waals surface area contributed by atoms with Gasteiger partial charge in [-0.25, -0.2) is 0 Å². The van der Waals surface area contributed by atoms with Crippen LogP contribution >= 0.6 is 0 Å². The maximum Gasteiger partial charge on any atom is 0.224 e. The van der Waals surface area contributed by atoms with Gasteiger partial charge in [0.1, 0.15) is 0 Å². The Labute approximate surface area is 259 Å². The van der Waals surface area contributed by atoms with Crippen molar-refractivity contribution in [1.82, 2.24) is 4.90 Å². The minimum atomic E-state index is -0.574. The SMILES string of the molecule is Nc1ccccc1NC(=O)CCCCC(=O)Nc1cccc([C@H]2O[C@@H](CN3CCCCC3)C[C@@H](c3ccc(CO)cc3)O2)c1. The first-order valence-electron chi connectivity index (χ1n) is 15.7. The molecule has 2 aliphatic heterocycles. The van der Waals surface area contributed by atoms with Gasteiger partial charge in [-0.3, -0.25) is 9.59 Å². The summed E-state index contributed by atoms with van der Waals surface area (Å²) >= 11 is 0. The summed E-state index contributed by atoms with van der Waals surface area (Å²) in [5, 5.41) is 15.3. The summed E-state index contributed by atoms with van der Waals surface area (Å²) in [5.41, 5.74) is 10.5. The van der Waals surface area contributed by atoms with Crippen molar-refractivity contribution in [3.05, 3.63) is 89.5 Å². The van der Waals surface area contributed by atoms with E-state index in [-0.39, 0.29) is 30.6 Å². The highest BCUT2D eigenvalue weighted by atomic mass is 16.7. The van der Waals surface area contributed by atoms with E-state index in [1.807, 2.05) is 60.7 Å². The Balaban J connectivity index is 1.16. The van der Waals surface area contributed by atoms with Crippen molar-refractivity contribution >= 4 is 28.9 Å². The summed E-state index contributed by atoms with van der Waals surface area (Å²) in [6.07, 6.45) is 5.56. The largest absolute Gasteiger partial charge is 0.397 e. The Morgan fingerprint density at radius 3 is 2.30 bits per heavy atom. The third-order valence-corrected chi connectivity index (χ3v) is 8.26. The smallest absolute Gasteiger partial charge is 0.224 e. The normalized spacial score (nSPS) is 20.6. The Hall–Kier alpha value is -3.76. The van der Waals surface area contributed by atoms with Gasteiger partial charge in [-0.2, -0.15) is 0 Å². The van der Waals surface area contributed by atoms with Gasteiger partial charge in [-0.05, 0) is 74.2 Å². The van der Waals surface area contributed by atoms with Crippen LogP contribution in [0, 0.1) is 0 Å². The molecule has 2 aliphatic rings. The molecule has 2 fully saturated rings. The number of para-hydroxylation sites is 2. The molecule has 9 heteroatoms. The number of aliphatic hydroxyl groups excluding tert-OH is 1. The first kappa shape index (κ1) is 31.7. The maximum atomic E-state index is 12.7. The van der Waals surface area contributed by atoms with Gasteiger partial charge in [0, 0.05) is 37.1 Å². The predicted octanol–water partition coefficient (Wildman–Crippen LogP) is 5.93. The molecule has 5 N–H and O–H groups in total. The molecular formula is C35H44N4O5. The second kappa shape index (κ2) is 15.8. The number of aliphatic hydroxyl groups is 1. The van der Waals surface area contributed by atoms with Crippen molar-refractivity contribution in [2.75, 3.05) is 36.0 Å². The number of nitrogens with zero attached hydrogens (tertiary/aromatic N) is 1. The molecule has 3 aromatic rings. The van der Waals surface area contributed by atoms with Crippen molar-refractivity contribution in [2.45, 2.75) is 76.5 Å². The lowest BCUT2D eigenvalue weighted by atomic mass is 9.99. The number of hydrogen-bond acceptors (Lipinski definition) is 7. The average Bonchev–Trinajstić information content (AvgIpc) is 3.05. The first-order chi connectivity index (χ1) is 21.5. The number of nitrogens with two attached hydrogens (primary N) is 1. The lowest BCUT2D eigenvalue weighted by molar-refractivity contribution is -0.253. The van der Waals surface area contributed by atoms with E-state index in [4.69, 9.17) is 15.2 Å². The molecule has 234 valence electrons. The zero-order valence-corrected chi connectivity index (χ0v) is 25.3. The number of amides is 2. The number of nitrogens with one attached hydrogen (secondary N) is 2. The summed E-state index contributed by atoms with van der Waals surface area (Å²) < 4.78 is 13.0. The number of likely N-dealkylation sites (tertiary alicyclic amines) is 1. The molecule has 0 unspecified atom stereocenters. The van der Waals surface area contributed by atoms with Crippen LogP contribution in [0.4, 0.5) is 17.1 Å². The number of rotatable bonds is 12. The second-order valence-electron chi connectivity index (χ2n) is 11.7. The van der Waals surface area contributed by atoms with Gasteiger partial charge in [0.05, 0.1) is 30.2 Å². The number of unbranched alkanes of at least 4 members (excludes halogenated alkanes) is 1. The van der Waals surface area contributed by atoms with Crippen LogP contribution in [-0.4, -0.2) is 47.6 Å². The average molecular weight is 601 g/mol. The minimum Gasteiger partial charge on any atom is -0.397 e. The topological polar surface area (TPSA) is 126 Å². The molecule has 5 rings (SSSR count). The third-order valence-electron chi connectivity index (χ3n) is 8.26. The van der Waals surface area contributed by atoms with E-state index in [1.165, 1.54) is 19.3 Å². The minimum absolute atomic E-state index is 0.00291. The van der Waals surface area contributed by atoms with Crippen LogP contribution in [0.1, 0.15) is 80.5 Å². The van der Waals surface area contributed by atoms with Crippen molar-refractivity contribution in [1.29, 1.82) is 0 Å². The molecule has 0 aromatic heterocycles. The standard InChI is InChI=1S/C35H44N4O5/c36-30-11-2-3-12-31(30)38-34(42)14-5-4-13-33(41)37-28-10-8-9-27(21-28)35-43-29(23-39-19-6-1-7-20-39)22-32(44-35)26-17-15-25(24-40)16-18-26/h2-3,8-12,15-18,21,29,32,35,40H,1,4-7,13-14,19-20,22-24,36H2,(H,37,41)(H,38,42)/t29-,32+,35+/m1/s1. The number of benzene rings is 3. The maximum absolute atomic E-state index is 12.7. The van der Waals surface area contributed by atoms with Crippen molar-refractivity contribution < 1.29 is 24.2 Å². The Kier molecular flexibility index (Phi) is 11.4. The fraction of sp³-hybridized carbons (Fsp3) is 0.429. The Bertz CT molecular complexity index is 1380. The lowest BCUT2D eigenvalue weighted by Crippen LogP contribution is -2.41. The van der Waals surface area contributed by atoms with Crippen molar-refractivity contribution in [3.8, 4) is 0 Å². The molecule has 2 heterocycles. The van der Waals surface area contributed by atoms with Crippen molar-refractivity contribution in [3.63, 3.8) is 0 Å². The quantitative estimate of drug-likeness (QED) is 0.150. The lowest BCUT2D eigenvalue weighted by Gasteiger charge is -2.39. The molecular weight excluding hydrogens is 556 g/mol. The molecule has 3 atom stereocenters. The van der Waals surface area contributed by atoms with Gasteiger partial charge in [-0.1, -0.05) is 55.0 Å². The van der Waals surface area contributed by atoms with Crippen LogP contribution < -0.4 is 16.4 Å². The van der Waals surface area contributed by atoms with Gasteiger partial charge < -0.3 is 35.8 Å². The second-order valence-corrected chi connectivity index (χ2v) is 11.7. The van der Waals surface area contributed by atoms with Crippen LogP contribution in [0.5, 0.6) is 0 Å². The highest BCUT2D eigenvalue weighted by Crippen LogP contribution is 2.39. The first-order valence-corrected chi connectivity index (χ1v) is 15.7. The van der Waals surface area contributed by atoms with Crippen LogP contribution in [-0.2, 0) is 25.7 Å². The number of carbonyl (C=O) groups excluding carboxylic acids is 2. The number of nitrogen functional groups attached to an aromatic ring is 1. The molecule has 9 nitrogen and oxygen atoms in total. The molecule has 0 saturated carbocycles. The van der Waals surface area contributed by atoms with E-state index in [2.05, 4.69) is 15.5 Å². The van der Waals surface area contributed by atoms with E-state index >= 15 is 0 Å². The molecule has 2 amide bonds. The summed E-state index contributed by atoms with van der Waals surface area (Å²) in [5.74, 6) is -0.227. The molecule has 0 radical (unpaired) electrons. The number of ether oxygens (including phenoxy) is 2. The Morgan fingerprint density at radius 1 is 0.841 bits per heavy atom. The fourth-order valence-electron chi connectivity index (χ4n) is 5.84. The van der Waals surface area contributed by atoms with Gasteiger partial charge in [-0.15, -0.1) is 0 Å². The molecule has 44 heavy (non-hydrogen) atoms. The number of anilines is 3. The highest BCUT2D eigenvalue weighted by Gasteiger charge is 2.33. The van der Waals surface area contributed by atoms with Gasteiger partial charge in [0.2, 0.25) is 11.8 Å². The van der Waals surface area contributed by atoms with Crippen LogP contribution in [0.2, 0.25) is 0 Å². The molecule has 0 bridgehead atoms. The zero-order valence-electron chi connectivity index (χ0n) is 25.3. The molecule has 0 aliphatic carbocycles. The van der Waals surface area contributed by atoms with E-state index in [0.717, 1.165) is 42.7 Å². The van der Waals surface area contributed by atoms with Crippen LogP contribution in [0.3, 0.4) is 0 Å². The molecule has 2 saturated heterocycles. The summed E-state index contributed by atoms with van der Waals surface area (Å²) in [6, 6.07) is 22.7. The summed E-state index contributed by atoms with van der Waals surface area (Å²) in [7, 11) is 0. The Morgan fingerprint density at radius 2 is 1.57 bits per heavy atom. The van der Waals surface area contributed by atoms with Crippen LogP contribution in [0.15, 0.2) is 72.8 Å². The molecule has 0 spiro atoms. The third kappa shape index (κ3) is 9.12. The zero-order chi connectivity index (χ0) is 30.7. The highest BCUT2D eigenvalue weighted by molar-refractivity contribution is 5.94. The van der Waals surface area contributed by atoms with E-state index in [0.29, 0.717) is 42.7 Å². The number of hydrogen-bond donors (Lipinski definition) is 4. The van der Waals surface area contributed by atoms with Gasteiger partial charge in [0.25, 0.3) is 0 Å². The fourth-order valence-corrected chi connectivity index (χ4v) is 5.84. The summed E-state index contributed by atoms with van der Waals surface area (Å²) in [4.78, 5) is 27.5.